The van der Waals surface area contributed by atoms with Crippen molar-refractivity contribution in [3.8, 4) is 0 Å². The third-order valence-electron chi connectivity index (χ3n) is 3.05. The van der Waals surface area contributed by atoms with E-state index >= 15 is 0 Å². The van der Waals surface area contributed by atoms with Crippen LogP contribution in [0.4, 0.5) is 5.82 Å². The number of nitrogens with one attached hydrogen (secondary N) is 1. The number of nitrogens with two attached hydrogens (primary N) is 1. The van der Waals surface area contributed by atoms with Gasteiger partial charge in [-0.25, -0.2) is 0 Å². The molecule has 2 rings (SSSR count). The van der Waals surface area contributed by atoms with Crippen molar-refractivity contribution in [2.75, 3.05) is 12.4 Å². The van der Waals surface area contributed by atoms with Crippen LogP contribution in [0.3, 0.4) is 0 Å². The molecule has 0 bridgehead atoms. The van der Waals surface area contributed by atoms with Gasteiger partial charge in [0.1, 0.15) is 6.54 Å². The van der Waals surface area contributed by atoms with E-state index in [9.17, 15) is 9.59 Å². The summed E-state index contributed by atoms with van der Waals surface area (Å²) in [5, 5.41) is 6.68. The summed E-state index contributed by atoms with van der Waals surface area (Å²) in [5.74, 6) is -0.397. The van der Waals surface area contributed by atoms with Crippen LogP contribution in [0.2, 0.25) is 0 Å². The molecule has 0 aliphatic carbocycles. The SMILES string of the molecule is COC(=O)Cn1ccc(NC(=O)[C@@H](N)Cc2ccccc2)n1.Cl. The van der Waals surface area contributed by atoms with E-state index in [4.69, 9.17) is 5.73 Å². The highest BCUT2D eigenvalue weighted by Crippen LogP contribution is 2.06. The Labute approximate surface area is 140 Å². The van der Waals surface area contributed by atoms with Gasteiger partial charge in [0.05, 0.1) is 13.2 Å². The van der Waals surface area contributed by atoms with Gasteiger partial charge >= 0.3 is 5.97 Å². The van der Waals surface area contributed by atoms with E-state index in [0.717, 1.165) is 5.56 Å². The first-order chi connectivity index (χ1) is 10.6. The second-order valence-corrected chi connectivity index (χ2v) is 4.76. The molecule has 0 unspecified atom stereocenters. The number of anilines is 1. The van der Waals surface area contributed by atoms with Gasteiger partial charge in [0.25, 0.3) is 0 Å². The van der Waals surface area contributed by atoms with Crippen LogP contribution in [0.5, 0.6) is 0 Å². The van der Waals surface area contributed by atoms with Gasteiger partial charge in [0.15, 0.2) is 5.82 Å². The Kier molecular flexibility index (Phi) is 7.24. The molecule has 1 amide bonds. The Morgan fingerprint density at radius 2 is 2.00 bits per heavy atom. The Balaban J connectivity index is 0.00000264. The molecule has 0 aliphatic rings. The highest BCUT2D eigenvalue weighted by Gasteiger charge is 2.15. The lowest BCUT2D eigenvalue weighted by Crippen LogP contribution is -2.37. The summed E-state index contributed by atoms with van der Waals surface area (Å²) in [7, 11) is 1.30. The van der Waals surface area contributed by atoms with Crippen LogP contribution in [0.15, 0.2) is 42.6 Å². The standard InChI is InChI=1S/C15H18N4O3.ClH/c1-22-14(20)10-19-8-7-13(18-19)17-15(21)12(16)9-11-5-3-2-4-6-11;/h2-8,12H,9-10,16H2,1H3,(H,17,18,21);1H/t12-;/m0./s1. The number of ether oxygens (including phenoxy) is 1. The van der Waals surface area contributed by atoms with Crippen molar-refractivity contribution in [2.45, 2.75) is 19.0 Å². The fraction of sp³-hybridized carbons (Fsp3) is 0.267. The monoisotopic (exact) mass is 338 g/mol. The maximum Gasteiger partial charge on any atom is 0.327 e. The van der Waals surface area contributed by atoms with Crippen LogP contribution in [0.25, 0.3) is 0 Å². The van der Waals surface area contributed by atoms with Gasteiger partial charge in [-0.2, -0.15) is 5.10 Å². The van der Waals surface area contributed by atoms with Gasteiger partial charge in [-0.05, 0) is 12.0 Å². The summed E-state index contributed by atoms with van der Waals surface area (Å²) in [4.78, 5) is 23.2. The lowest BCUT2D eigenvalue weighted by molar-refractivity contribution is -0.141. The molecule has 7 nitrogen and oxygen atoms in total. The summed E-state index contributed by atoms with van der Waals surface area (Å²) >= 11 is 0. The second kappa shape index (κ2) is 8.92. The second-order valence-electron chi connectivity index (χ2n) is 4.76. The van der Waals surface area contributed by atoms with E-state index < -0.39 is 12.0 Å². The summed E-state index contributed by atoms with van der Waals surface area (Å²) < 4.78 is 5.92. The van der Waals surface area contributed by atoms with Gasteiger partial charge in [0, 0.05) is 12.3 Å². The number of hydrogen-bond acceptors (Lipinski definition) is 5. The Morgan fingerprint density at radius 3 is 2.65 bits per heavy atom. The number of carbonyl (C=O) groups excluding carboxylic acids is 2. The highest BCUT2D eigenvalue weighted by molar-refractivity contribution is 5.94. The van der Waals surface area contributed by atoms with E-state index in [1.54, 1.807) is 12.3 Å². The van der Waals surface area contributed by atoms with Crippen LogP contribution in [-0.2, 0) is 27.3 Å². The molecule has 8 heteroatoms. The Hall–Kier alpha value is -2.38. The quantitative estimate of drug-likeness (QED) is 0.765. The van der Waals surface area contributed by atoms with E-state index in [1.165, 1.54) is 11.8 Å². The molecule has 0 radical (unpaired) electrons. The van der Waals surface area contributed by atoms with E-state index in [-0.39, 0.29) is 24.9 Å². The van der Waals surface area contributed by atoms with Crippen LogP contribution in [0, 0.1) is 0 Å². The number of carbonyl (C=O) groups is 2. The van der Waals surface area contributed by atoms with Gasteiger partial charge in [-0.1, -0.05) is 30.3 Å². The average molecular weight is 339 g/mol. The number of hydrogen-bond donors (Lipinski definition) is 2. The van der Waals surface area contributed by atoms with E-state index in [0.29, 0.717) is 12.2 Å². The molecule has 0 fully saturated rings. The fourth-order valence-electron chi connectivity index (χ4n) is 1.89. The number of halogens is 1. The third-order valence-corrected chi connectivity index (χ3v) is 3.05. The molecule has 3 N–H and O–H groups in total. The van der Waals surface area contributed by atoms with E-state index in [2.05, 4.69) is 15.2 Å². The molecule has 124 valence electrons. The Bertz CT molecular complexity index is 645. The molecular formula is C15H19ClN4O3. The van der Waals surface area contributed by atoms with Gasteiger partial charge in [-0.3, -0.25) is 14.3 Å². The van der Waals surface area contributed by atoms with Crippen LogP contribution >= 0.6 is 12.4 Å². The number of benzene rings is 1. The minimum atomic E-state index is -0.673. The minimum Gasteiger partial charge on any atom is -0.468 e. The molecule has 0 spiro atoms. The lowest BCUT2D eigenvalue weighted by Gasteiger charge is -2.10. The third kappa shape index (κ3) is 5.72. The zero-order valence-corrected chi connectivity index (χ0v) is 13.5. The van der Waals surface area contributed by atoms with Gasteiger partial charge in [0.2, 0.25) is 5.91 Å². The number of aromatic nitrogens is 2. The molecule has 1 aromatic heterocycles. The lowest BCUT2D eigenvalue weighted by atomic mass is 10.1. The van der Waals surface area contributed by atoms with Crippen molar-refractivity contribution in [3.63, 3.8) is 0 Å². The first kappa shape index (κ1) is 18.7. The predicted molar refractivity (Wildman–Crippen MR) is 88.2 cm³/mol. The van der Waals surface area contributed by atoms with Gasteiger partial charge < -0.3 is 15.8 Å². The molecule has 23 heavy (non-hydrogen) atoms. The molecule has 1 aromatic carbocycles. The molecule has 0 aliphatic heterocycles. The van der Waals surface area contributed by atoms with Crippen LogP contribution in [-0.4, -0.2) is 34.8 Å². The number of esters is 1. The van der Waals surface area contributed by atoms with E-state index in [1.807, 2.05) is 30.3 Å². The minimum absolute atomic E-state index is 0. The number of amides is 1. The number of nitrogens with zero attached hydrogens (tertiary/aromatic N) is 2. The smallest absolute Gasteiger partial charge is 0.327 e. The topological polar surface area (TPSA) is 99.2 Å². The van der Waals surface area contributed by atoms with Crippen molar-refractivity contribution in [1.82, 2.24) is 9.78 Å². The number of rotatable bonds is 6. The molecule has 0 saturated heterocycles. The maximum atomic E-state index is 12.0. The van der Waals surface area contributed by atoms with Crippen LogP contribution < -0.4 is 11.1 Å². The zero-order valence-electron chi connectivity index (χ0n) is 12.6. The summed E-state index contributed by atoms with van der Waals surface area (Å²) in [6.07, 6.45) is 2.02. The average Bonchev–Trinajstić information content (AvgIpc) is 2.95. The van der Waals surface area contributed by atoms with Crippen molar-refractivity contribution in [3.05, 3.63) is 48.2 Å². The predicted octanol–water partition coefficient (Wildman–Crippen LogP) is 0.986. The summed E-state index contributed by atoms with van der Waals surface area (Å²) in [5.41, 5.74) is 6.87. The highest BCUT2D eigenvalue weighted by atomic mass is 35.5. The Morgan fingerprint density at radius 1 is 1.30 bits per heavy atom. The maximum absolute atomic E-state index is 12.0. The number of methoxy groups -OCH3 is 1. The molecule has 1 heterocycles. The van der Waals surface area contributed by atoms with Crippen LogP contribution in [0.1, 0.15) is 5.56 Å². The zero-order chi connectivity index (χ0) is 15.9. The molecule has 0 saturated carbocycles. The fourth-order valence-corrected chi connectivity index (χ4v) is 1.89. The van der Waals surface area contributed by atoms with Crippen molar-refractivity contribution >= 4 is 30.1 Å². The van der Waals surface area contributed by atoms with Crippen molar-refractivity contribution in [1.29, 1.82) is 0 Å². The normalized spacial score (nSPS) is 11.2. The van der Waals surface area contributed by atoms with Crippen molar-refractivity contribution in [2.24, 2.45) is 5.73 Å². The largest absolute Gasteiger partial charge is 0.468 e. The van der Waals surface area contributed by atoms with Gasteiger partial charge in [-0.15, -0.1) is 12.4 Å². The first-order valence-corrected chi connectivity index (χ1v) is 6.79. The summed E-state index contributed by atoms with van der Waals surface area (Å²) in [6.45, 7) is -0.0115. The summed E-state index contributed by atoms with van der Waals surface area (Å²) in [6, 6.07) is 10.5. The first-order valence-electron chi connectivity index (χ1n) is 6.79. The molecule has 1 atom stereocenters. The molecule has 2 aromatic rings. The van der Waals surface area contributed by atoms with Crippen molar-refractivity contribution < 1.29 is 14.3 Å². The molecular weight excluding hydrogens is 320 g/mol.